The summed E-state index contributed by atoms with van der Waals surface area (Å²) in [6.45, 7) is 1.97. The van der Waals surface area contributed by atoms with Crippen molar-refractivity contribution in [1.29, 1.82) is 0 Å². The Bertz CT molecular complexity index is 533. The van der Waals surface area contributed by atoms with Gasteiger partial charge in [0, 0.05) is 0 Å². The van der Waals surface area contributed by atoms with E-state index in [9.17, 15) is 8.78 Å². The first-order chi connectivity index (χ1) is 8.11. The van der Waals surface area contributed by atoms with Crippen LogP contribution < -0.4 is 4.74 Å². The van der Waals surface area contributed by atoms with Gasteiger partial charge in [0.15, 0.2) is 11.6 Å². The Hall–Kier alpha value is -1.90. The van der Waals surface area contributed by atoms with Gasteiger partial charge in [-0.25, -0.2) is 4.39 Å². The van der Waals surface area contributed by atoms with E-state index < -0.39 is 11.6 Å². The first kappa shape index (κ1) is 11.6. The van der Waals surface area contributed by atoms with E-state index in [0.29, 0.717) is 5.56 Å². The second-order valence-corrected chi connectivity index (χ2v) is 3.84. The van der Waals surface area contributed by atoms with E-state index in [-0.39, 0.29) is 5.75 Å². The molecule has 0 spiro atoms. The van der Waals surface area contributed by atoms with Crippen molar-refractivity contribution in [3.05, 3.63) is 53.6 Å². The zero-order chi connectivity index (χ0) is 12.4. The first-order valence-electron chi connectivity index (χ1n) is 5.22. The third-order valence-electron chi connectivity index (χ3n) is 2.60. The van der Waals surface area contributed by atoms with Crippen LogP contribution in [0.15, 0.2) is 36.4 Å². The highest BCUT2D eigenvalue weighted by molar-refractivity contribution is 5.65. The number of hydrogen-bond donors (Lipinski definition) is 0. The van der Waals surface area contributed by atoms with Gasteiger partial charge in [-0.05, 0) is 30.2 Å². The molecule has 88 valence electrons. The van der Waals surface area contributed by atoms with Gasteiger partial charge in [0.05, 0.1) is 7.11 Å². The van der Waals surface area contributed by atoms with Crippen LogP contribution in [0.25, 0.3) is 11.1 Å². The van der Waals surface area contributed by atoms with Crippen LogP contribution in [0.4, 0.5) is 8.78 Å². The summed E-state index contributed by atoms with van der Waals surface area (Å²) >= 11 is 0. The van der Waals surface area contributed by atoms with Crippen LogP contribution in [0, 0.1) is 18.6 Å². The van der Waals surface area contributed by atoms with Gasteiger partial charge in [-0.1, -0.05) is 29.8 Å². The van der Waals surface area contributed by atoms with Gasteiger partial charge < -0.3 is 4.74 Å². The van der Waals surface area contributed by atoms with Crippen molar-refractivity contribution in [2.45, 2.75) is 6.92 Å². The quantitative estimate of drug-likeness (QED) is 0.764. The molecule has 0 radical (unpaired) electrons. The molecule has 2 aromatic rings. The van der Waals surface area contributed by atoms with Gasteiger partial charge >= 0.3 is 0 Å². The molecule has 17 heavy (non-hydrogen) atoms. The second kappa shape index (κ2) is 4.53. The Kier molecular flexibility index (Phi) is 3.09. The Morgan fingerprint density at radius 3 is 2.18 bits per heavy atom. The lowest BCUT2D eigenvalue weighted by Gasteiger charge is -2.07. The molecular weight excluding hydrogens is 222 g/mol. The first-order valence-corrected chi connectivity index (χ1v) is 5.22. The van der Waals surface area contributed by atoms with Crippen LogP contribution in [-0.2, 0) is 0 Å². The molecule has 0 amide bonds. The molecule has 0 saturated heterocycles. The molecule has 0 atom stereocenters. The highest BCUT2D eigenvalue weighted by Crippen LogP contribution is 2.28. The lowest BCUT2D eigenvalue weighted by atomic mass is 10.0. The molecule has 0 aliphatic heterocycles. The molecule has 0 fully saturated rings. The Labute approximate surface area is 98.7 Å². The molecule has 0 heterocycles. The van der Waals surface area contributed by atoms with Crippen molar-refractivity contribution in [1.82, 2.24) is 0 Å². The average molecular weight is 234 g/mol. The summed E-state index contributed by atoms with van der Waals surface area (Å²) in [7, 11) is 1.32. The predicted molar refractivity (Wildman–Crippen MR) is 63.1 cm³/mol. The molecular formula is C14H12F2O. The lowest BCUT2D eigenvalue weighted by molar-refractivity contribution is 0.372. The van der Waals surface area contributed by atoms with Gasteiger partial charge in [-0.3, -0.25) is 0 Å². The molecule has 0 saturated carbocycles. The highest BCUT2D eigenvalue weighted by Gasteiger charge is 2.11. The smallest absolute Gasteiger partial charge is 0.200 e. The van der Waals surface area contributed by atoms with E-state index in [1.165, 1.54) is 19.2 Å². The van der Waals surface area contributed by atoms with Crippen molar-refractivity contribution in [3.63, 3.8) is 0 Å². The molecule has 1 nitrogen and oxygen atoms in total. The Morgan fingerprint density at radius 1 is 0.941 bits per heavy atom. The molecule has 2 rings (SSSR count). The fraction of sp³-hybridized carbons (Fsp3) is 0.143. The van der Waals surface area contributed by atoms with E-state index in [2.05, 4.69) is 0 Å². The third kappa shape index (κ3) is 2.28. The third-order valence-corrected chi connectivity index (χ3v) is 2.60. The van der Waals surface area contributed by atoms with Crippen molar-refractivity contribution in [2.24, 2.45) is 0 Å². The summed E-state index contributed by atoms with van der Waals surface area (Å²) in [6.07, 6.45) is 0. The maximum Gasteiger partial charge on any atom is 0.200 e. The zero-order valence-electron chi connectivity index (χ0n) is 9.63. The van der Waals surface area contributed by atoms with Crippen molar-refractivity contribution in [3.8, 4) is 16.9 Å². The summed E-state index contributed by atoms with van der Waals surface area (Å²) in [5.41, 5.74) is 2.54. The number of halogens is 2. The van der Waals surface area contributed by atoms with Gasteiger partial charge in [-0.2, -0.15) is 4.39 Å². The van der Waals surface area contributed by atoms with Crippen LogP contribution in [0.5, 0.6) is 5.75 Å². The minimum Gasteiger partial charge on any atom is -0.494 e. The average Bonchev–Trinajstić information content (AvgIpc) is 2.33. The number of hydrogen-bond acceptors (Lipinski definition) is 1. The number of ether oxygens (including phenoxy) is 1. The maximum atomic E-state index is 13.3. The van der Waals surface area contributed by atoms with Crippen LogP contribution in [0.1, 0.15) is 5.56 Å². The Morgan fingerprint density at radius 2 is 1.59 bits per heavy atom. The predicted octanol–water partition coefficient (Wildman–Crippen LogP) is 3.95. The van der Waals surface area contributed by atoms with Crippen molar-refractivity contribution >= 4 is 0 Å². The number of methoxy groups -OCH3 is 1. The van der Waals surface area contributed by atoms with Crippen LogP contribution in [0.2, 0.25) is 0 Å². The minimum absolute atomic E-state index is 0.0828. The monoisotopic (exact) mass is 234 g/mol. The second-order valence-electron chi connectivity index (χ2n) is 3.84. The molecule has 0 unspecified atom stereocenters. The minimum atomic E-state index is -0.955. The molecule has 3 heteroatoms. The summed E-state index contributed by atoms with van der Waals surface area (Å²) in [6, 6.07) is 10.2. The lowest BCUT2D eigenvalue weighted by Crippen LogP contribution is -1.93. The largest absolute Gasteiger partial charge is 0.494 e. The zero-order valence-corrected chi connectivity index (χ0v) is 9.63. The molecule has 2 aromatic carbocycles. The molecule has 0 bridgehead atoms. The SMILES string of the molecule is COc1cc(-c2ccc(C)cc2)cc(F)c1F. The number of aryl methyl sites for hydroxylation is 1. The number of benzene rings is 2. The molecule has 0 aliphatic rings. The standard InChI is InChI=1S/C14H12F2O/c1-9-3-5-10(6-4-9)11-7-12(15)14(16)13(8-11)17-2/h3-8H,1-2H3. The van der Waals surface area contributed by atoms with Gasteiger partial charge in [-0.15, -0.1) is 0 Å². The fourth-order valence-electron chi connectivity index (χ4n) is 1.63. The topological polar surface area (TPSA) is 9.23 Å². The summed E-state index contributed by atoms with van der Waals surface area (Å²) in [5, 5.41) is 0. The maximum absolute atomic E-state index is 13.3. The van der Waals surface area contributed by atoms with Crippen molar-refractivity contribution in [2.75, 3.05) is 7.11 Å². The summed E-state index contributed by atoms with van der Waals surface area (Å²) in [4.78, 5) is 0. The summed E-state index contributed by atoms with van der Waals surface area (Å²) in [5.74, 6) is -1.94. The molecule has 0 aliphatic carbocycles. The van der Waals surface area contributed by atoms with Crippen molar-refractivity contribution < 1.29 is 13.5 Å². The van der Waals surface area contributed by atoms with E-state index in [1.54, 1.807) is 0 Å². The molecule has 0 aromatic heterocycles. The Balaban J connectivity index is 2.52. The van der Waals surface area contributed by atoms with E-state index in [1.807, 2.05) is 31.2 Å². The highest BCUT2D eigenvalue weighted by atomic mass is 19.2. The van der Waals surface area contributed by atoms with Gasteiger partial charge in [0.2, 0.25) is 5.82 Å². The van der Waals surface area contributed by atoms with Gasteiger partial charge in [0.25, 0.3) is 0 Å². The van der Waals surface area contributed by atoms with E-state index in [0.717, 1.165) is 11.1 Å². The van der Waals surface area contributed by atoms with E-state index >= 15 is 0 Å². The fourth-order valence-corrected chi connectivity index (χ4v) is 1.63. The number of rotatable bonds is 2. The van der Waals surface area contributed by atoms with Crippen LogP contribution in [-0.4, -0.2) is 7.11 Å². The molecule has 0 N–H and O–H groups in total. The van der Waals surface area contributed by atoms with Crippen LogP contribution in [0.3, 0.4) is 0 Å². The van der Waals surface area contributed by atoms with Crippen LogP contribution >= 0.6 is 0 Å². The van der Waals surface area contributed by atoms with Gasteiger partial charge in [0.1, 0.15) is 0 Å². The van der Waals surface area contributed by atoms with E-state index in [4.69, 9.17) is 4.74 Å². The summed E-state index contributed by atoms with van der Waals surface area (Å²) < 4.78 is 31.4. The normalized spacial score (nSPS) is 10.4.